The van der Waals surface area contributed by atoms with Gasteiger partial charge in [-0.25, -0.2) is 0 Å². The summed E-state index contributed by atoms with van der Waals surface area (Å²) in [5.74, 6) is -3.32. The second kappa shape index (κ2) is 20.1. The Morgan fingerprint density at radius 3 is 2.16 bits per heavy atom. The number of ether oxygens (including phenoxy) is 1. The Morgan fingerprint density at radius 2 is 1.44 bits per heavy atom. The first-order chi connectivity index (χ1) is 29.7. The maximum atomic E-state index is 14.6. The highest BCUT2D eigenvalue weighted by atomic mass is 16.5. The molecule has 2 aromatic heterocycles. The molecule has 3 heterocycles. The molecule has 6 rings (SSSR count). The molecule has 3 aromatic carbocycles. The summed E-state index contributed by atoms with van der Waals surface area (Å²) in [5.41, 5.74) is 3.28. The van der Waals surface area contributed by atoms with Crippen molar-refractivity contribution in [1.29, 1.82) is 0 Å². The molecular formula is C46H55N9O7. The molecule has 1 aliphatic heterocycles. The van der Waals surface area contributed by atoms with Gasteiger partial charge in [0.2, 0.25) is 29.5 Å². The highest BCUT2D eigenvalue weighted by molar-refractivity contribution is 6.06. The third-order valence-corrected chi connectivity index (χ3v) is 11.0. The fourth-order valence-corrected chi connectivity index (χ4v) is 7.50. The number of nitrogens with one attached hydrogen (secondary N) is 6. The number of fused-ring (bicyclic) bond motifs is 2. The Balaban J connectivity index is 1.40. The van der Waals surface area contributed by atoms with Gasteiger partial charge in [-0.2, -0.15) is 0 Å². The second-order valence-electron chi connectivity index (χ2n) is 16.5. The minimum atomic E-state index is -1.21. The Bertz CT molecular complexity index is 2410. The Morgan fingerprint density at radius 1 is 0.758 bits per heavy atom. The first kappa shape index (κ1) is 44.7. The van der Waals surface area contributed by atoms with E-state index < -0.39 is 72.2 Å². The second-order valence-corrected chi connectivity index (χ2v) is 16.5. The van der Waals surface area contributed by atoms with Crippen LogP contribution < -0.4 is 31.3 Å². The molecule has 0 unspecified atom stereocenters. The SMILES string of the molecule is COc1ccc(C[C@@H]2NC(=O)[C@H](CC(C)C)NC(=O)[C@@H](Cc3c[nH]c4ccccc34)NC(=O)CN(C(=O)c3cccc4nccnc34)C[C@H](C(C)C)NC(=O)[C@@H](C)NC2=O)cc1. The Labute approximate surface area is 360 Å². The molecule has 0 aliphatic carbocycles. The molecule has 6 N–H and O–H groups in total. The molecule has 0 bridgehead atoms. The molecule has 5 aromatic rings. The molecule has 6 amide bonds. The molecule has 16 heteroatoms. The van der Waals surface area contributed by atoms with Gasteiger partial charge < -0.3 is 41.2 Å². The summed E-state index contributed by atoms with van der Waals surface area (Å²) in [6.45, 7) is 8.44. The molecule has 1 aliphatic rings. The average molecular weight is 846 g/mol. The van der Waals surface area contributed by atoms with E-state index in [1.807, 2.05) is 52.0 Å². The fourth-order valence-electron chi connectivity index (χ4n) is 7.50. The molecule has 0 spiro atoms. The van der Waals surface area contributed by atoms with Crippen molar-refractivity contribution in [2.75, 3.05) is 20.2 Å². The minimum absolute atomic E-state index is 0.0372. The summed E-state index contributed by atoms with van der Waals surface area (Å²) in [5, 5.41) is 15.2. The topological polar surface area (TPSA) is 217 Å². The predicted molar refractivity (Wildman–Crippen MR) is 234 cm³/mol. The molecule has 1 saturated heterocycles. The largest absolute Gasteiger partial charge is 0.497 e. The lowest BCUT2D eigenvalue weighted by Gasteiger charge is -2.32. The first-order valence-electron chi connectivity index (χ1n) is 20.9. The van der Waals surface area contributed by atoms with Crippen LogP contribution >= 0.6 is 0 Å². The molecule has 0 saturated carbocycles. The van der Waals surface area contributed by atoms with E-state index in [1.54, 1.807) is 55.8 Å². The highest BCUT2D eigenvalue weighted by Crippen LogP contribution is 2.21. The molecular weight excluding hydrogens is 791 g/mol. The summed E-state index contributed by atoms with van der Waals surface area (Å²) in [6, 6.07) is 14.3. The van der Waals surface area contributed by atoms with E-state index in [9.17, 15) is 28.8 Å². The summed E-state index contributed by atoms with van der Waals surface area (Å²) in [4.78, 5) is 98.9. The average Bonchev–Trinajstić information content (AvgIpc) is 3.66. The van der Waals surface area contributed by atoms with Gasteiger partial charge in [-0.3, -0.25) is 38.7 Å². The third kappa shape index (κ3) is 11.1. The smallest absolute Gasteiger partial charge is 0.256 e. The van der Waals surface area contributed by atoms with Crippen LogP contribution in [0.5, 0.6) is 5.75 Å². The van der Waals surface area contributed by atoms with Crippen molar-refractivity contribution >= 4 is 57.4 Å². The van der Waals surface area contributed by atoms with Gasteiger partial charge in [-0.1, -0.05) is 64.1 Å². The molecule has 326 valence electrons. The number of methoxy groups -OCH3 is 1. The lowest BCUT2D eigenvalue weighted by atomic mass is 9.99. The Kier molecular flexibility index (Phi) is 14.5. The lowest BCUT2D eigenvalue weighted by Crippen LogP contribution is -2.60. The maximum absolute atomic E-state index is 14.6. The molecule has 0 radical (unpaired) electrons. The lowest BCUT2D eigenvalue weighted by molar-refractivity contribution is -0.135. The van der Waals surface area contributed by atoms with Gasteiger partial charge in [0.1, 0.15) is 35.4 Å². The normalized spacial score (nSPS) is 21.1. The number of nitrogens with zero attached hydrogens (tertiary/aromatic N) is 3. The van der Waals surface area contributed by atoms with Crippen molar-refractivity contribution < 1.29 is 33.5 Å². The van der Waals surface area contributed by atoms with Crippen LogP contribution in [0.3, 0.4) is 0 Å². The van der Waals surface area contributed by atoms with Gasteiger partial charge in [-0.15, -0.1) is 0 Å². The van der Waals surface area contributed by atoms with Gasteiger partial charge in [0, 0.05) is 54.9 Å². The highest BCUT2D eigenvalue weighted by Gasteiger charge is 2.34. The van der Waals surface area contributed by atoms with E-state index in [4.69, 9.17) is 4.74 Å². The van der Waals surface area contributed by atoms with Gasteiger partial charge >= 0.3 is 0 Å². The number of carbonyl (C=O) groups is 6. The summed E-state index contributed by atoms with van der Waals surface area (Å²) in [6.07, 6.45) is 5.05. The van der Waals surface area contributed by atoms with Crippen molar-refractivity contribution in [2.45, 2.75) is 84.1 Å². The van der Waals surface area contributed by atoms with Crippen LogP contribution in [0, 0.1) is 11.8 Å². The van der Waals surface area contributed by atoms with E-state index in [1.165, 1.54) is 24.2 Å². The zero-order valence-electron chi connectivity index (χ0n) is 35.9. The van der Waals surface area contributed by atoms with Crippen LogP contribution in [0.4, 0.5) is 0 Å². The summed E-state index contributed by atoms with van der Waals surface area (Å²) in [7, 11) is 1.54. The number of rotatable bonds is 9. The molecule has 1 fully saturated rings. The number of aromatic nitrogens is 3. The monoisotopic (exact) mass is 845 g/mol. The first-order valence-corrected chi connectivity index (χ1v) is 20.9. The van der Waals surface area contributed by atoms with E-state index in [0.29, 0.717) is 22.3 Å². The van der Waals surface area contributed by atoms with Crippen molar-refractivity contribution in [1.82, 2.24) is 46.4 Å². The van der Waals surface area contributed by atoms with Gasteiger partial charge in [0.15, 0.2) is 0 Å². The number of aromatic amines is 1. The van der Waals surface area contributed by atoms with E-state index >= 15 is 0 Å². The van der Waals surface area contributed by atoms with Gasteiger partial charge in [0.05, 0.1) is 24.7 Å². The number of carbonyl (C=O) groups excluding carboxylic acids is 6. The molecule has 5 atom stereocenters. The Hall–Kier alpha value is -6.84. The number of para-hydroxylation sites is 2. The van der Waals surface area contributed by atoms with Crippen LogP contribution in [0.2, 0.25) is 0 Å². The third-order valence-electron chi connectivity index (χ3n) is 11.0. The predicted octanol–water partition coefficient (Wildman–Crippen LogP) is 3.21. The van der Waals surface area contributed by atoms with Crippen molar-refractivity contribution in [3.63, 3.8) is 0 Å². The van der Waals surface area contributed by atoms with E-state index in [0.717, 1.165) is 16.5 Å². The number of benzene rings is 3. The number of H-pyrrole nitrogens is 1. The number of hydrogen-bond acceptors (Lipinski definition) is 9. The quantitative estimate of drug-likeness (QED) is 0.128. The van der Waals surface area contributed by atoms with Crippen LogP contribution in [0.1, 0.15) is 62.5 Å². The van der Waals surface area contributed by atoms with E-state index in [-0.39, 0.29) is 43.2 Å². The zero-order chi connectivity index (χ0) is 44.5. The summed E-state index contributed by atoms with van der Waals surface area (Å²) < 4.78 is 5.30. The van der Waals surface area contributed by atoms with Crippen molar-refractivity contribution in [2.24, 2.45) is 11.8 Å². The standard InChI is InChI=1S/C46H55N9O7/c1-26(2)20-36-44(59)53-37(21-29-14-16-31(62-6)17-15-29)43(58)50-28(5)42(57)54-39(27(3)4)24-55(46(61)33-11-9-13-35-41(33)48-19-18-47-35)25-40(56)51-38(45(60)52-36)22-30-23-49-34-12-8-7-10-32(30)34/h7-19,23,26-28,36-39,49H,20-22,24-25H2,1-6H3,(H,50,58)(H,51,56)(H,52,60)(H,53,59)(H,54,57)/t28-,36+,37+,38-,39-/m1/s1. The minimum Gasteiger partial charge on any atom is -0.497 e. The zero-order valence-corrected chi connectivity index (χ0v) is 35.9. The molecule has 62 heavy (non-hydrogen) atoms. The van der Waals surface area contributed by atoms with Crippen molar-refractivity contribution in [3.8, 4) is 5.75 Å². The van der Waals surface area contributed by atoms with Crippen LogP contribution in [-0.2, 0) is 36.8 Å². The van der Waals surface area contributed by atoms with Crippen molar-refractivity contribution in [3.05, 3.63) is 102 Å². The van der Waals surface area contributed by atoms with Gasteiger partial charge in [-0.05, 0) is 66.6 Å². The van der Waals surface area contributed by atoms with Crippen LogP contribution in [-0.4, -0.2) is 106 Å². The van der Waals surface area contributed by atoms with Crippen LogP contribution in [0.15, 0.2) is 85.3 Å². The molecule has 16 nitrogen and oxygen atoms in total. The van der Waals surface area contributed by atoms with Gasteiger partial charge in [0.25, 0.3) is 5.91 Å². The summed E-state index contributed by atoms with van der Waals surface area (Å²) >= 11 is 0. The fraction of sp³-hybridized carbons (Fsp3) is 0.391. The maximum Gasteiger partial charge on any atom is 0.256 e. The number of hydrogen-bond donors (Lipinski definition) is 6. The van der Waals surface area contributed by atoms with Crippen LogP contribution in [0.25, 0.3) is 21.9 Å². The van der Waals surface area contributed by atoms with E-state index in [2.05, 4.69) is 41.5 Å². The number of amides is 6.